The molecule has 0 atom stereocenters. The molecule has 1 fully saturated rings. The molecule has 0 saturated heterocycles. The largest absolute Gasteiger partial charge is 0.350 e. The summed E-state index contributed by atoms with van der Waals surface area (Å²) in [6.07, 6.45) is 7.02. The molecular formula is C11H13BrN4. The van der Waals surface area contributed by atoms with Crippen LogP contribution in [0.2, 0.25) is 0 Å². The van der Waals surface area contributed by atoms with Crippen molar-refractivity contribution in [1.29, 1.82) is 0 Å². The lowest BCUT2D eigenvalue weighted by molar-refractivity contribution is 0.743. The number of aromatic nitrogens is 3. The van der Waals surface area contributed by atoms with E-state index in [2.05, 4.69) is 31.3 Å². The van der Waals surface area contributed by atoms with E-state index in [1.165, 1.54) is 25.7 Å². The molecule has 2 heterocycles. The number of fused-ring (bicyclic) bond motifs is 1. The first kappa shape index (κ1) is 10.1. The molecule has 84 valence electrons. The summed E-state index contributed by atoms with van der Waals surface area (Å²) in [6, 6.07) is 4.49. The van der Waals surface area contributed by atoms with Gasteiger partial charge in [-0.3, -0.25) is 0 Å². The smallest absolute Gasteiger partial charge is 0.243 e. The number of hydrogen-bond donors (Lipinski definition) is 1. The fourth-order valence-electron chi connectivity index (χ4n) is 2.17. The lowest BCUT2D eigenvalue weighted by Crippen LogP contribution is -2.15. The van der Waals surface area contributed by atoms with Crippen molar-refractivity contribution in [2.45, 2.75) is 31.7 Å². The first-order chi connectivity index (χ1) is 7.81. The highest BCUT2D eigenvalue weighted by Crippen LogP contribution is 2.21. The van der Waals surface area contributed by atoms with Crippen LogP contribution in [0.1, 0.15) is 25.7 Å². The van der Waals surface area contributed by atoms with Gasteiger partial charge in [-0.1, -0.05) is 12.8 Å². The van der Waals surface area contributed by atoms with E-state index in [9.17, 15) is 0 Å². The van der Waals surface area contributed by atoms with E-state index >= 15 is 0 Å². The molecule has 0 aromatic carbocycles. The van der Waals surface area contributed by atoms with Gasteiger partial charge in [0, 0.05) is 16.7 Å². The third-order valence-electron chi connectivity index (χ3n) is 2.98. The molecule has 16 heavy (non-hydrogen) atoms. The second kappa shape index (κ2) is 4.05. The van der Waals surface area contributed by atoms with Gasteiger partial charge in [-0.2, -0.15) is 4.98 Å². The molecule has 1 aliphatic carbocycles. The maximum atomic E-state index is 4.44. The summed E-state index contributed by atoms with van der Waals surface area (Å²) >= 11 is 3.42. The van der Waals surface area contributed by atoms with E-state index in [0.717, 1.165) is 16.1 Å². The summed E-state index contributed by atoms with van der Waals surface area (Å²) in [4.78, 5) is 4.44. The Morgan fingerprint density at radius 2 is 2.12 bits per heavy atom. The van der Waals surface area contributed by atoms with Gasteiger partial charge >= 0.3 is 0 Å². The van der Waals surface area contributed by atoms with Crippen LogP contribution in [0.4, 0.5) is 5.95 Å². The molecule has 1 saturated carbocycles. The molecule has 0 aliphatic heterocycles. The second-order valence-corrected chi connectivity index (χ2v) is 5.13. The first-order valence-corrected chi connectivity index (χ1v) is 6.39. The summed E-state index contributed by atoms with van der Waals surface area (Å²) < 4.78 is 2.80. The van der Waals surface area contributed by atoms with Crippen LogP contribution in [0, 0.1) is 0 Å². The molecule has 0 unspecified atom stereocenters. The molecule has 0 bridgehead atoms. The maximum absolute atomic E-state index is 4.44. The van der Waals surface area contributed by atoms with Crippen LogP contribution in [-0.4, -0.2) is 20.6 Å². The van der Waals surface area contributed by atoms with Gasteiger partial charge in [-0.25, -0.2) is 4.52 Å². The van der Waals surface area contributed by atoms with Gasteiger partial charge in [0.2, 0.25) is 5.95 Å². The standard InChI is InChI=1S/C11H13BrN4/c12-8-5-6-10-14-11(15-16(10)7-8)13-9-3-1-2-4-9/h5-7,9H,1-4H2,(H,13,15). The van der Waals surface area contributed by atoms with Gasteiger partial charge in [-0.15, -0.1) is 5.10 Å². The molecular weight excluding hydrogens is 268 g/mol. The maximum Gasteiger partial charge on any atom is 0.243 e. The molecule has 1 N–H and O–H groups in total. The molecule has 0 spiro atoms. The van der Waals surface area contributed by atoms with E-state index in [1.54, 1.807) is 4.52 Å². The van der Waals surface area contributed by atoms with Crippen molar-refractivity contribution in [3.05, 3.63) is 22.8 Å². The Labute approximate surface area is 102 Å². The van der Waals surface area contributed by atoms with Crippen LogP contribution in [0.15, 0.2) is 22.8 Å². The van der Waals surface area contributed by atoms with E-state index in [0.29, 0.717) is 6.04 Å². The zero-order valence-electron chi connectivity index (χ0n) is 8.86. The highest BCUT2D eigenvalue weighted by molar-refractivity contribution is 9.10. The predicted molar refractivity (Wildman–Crippen MR) is 66.6 cm³/mol. The normalized spacial score (nSPS) is 17.1. The minimum atomic E-state index is 0.556. The monoisotopic (exact) mass is 280 g/mol. The van der Waals surface area contributed by atoms with Crippen LogP contribution in [0.3, 0.4) is 0 Å². The zero-order chi connectivity index (χ0) is 11.0. The van der Waals surface area contributed by atoms with E-state index in [1.807, 2.05) is 18.3 Å². The van der Waals surface area contributed by atoms with Crippen molar-refractivity contribution in [3.63, 3.8) is 0 Å². The number of hydrogen-bond acceptors (Lipinski definition) is 3. The molecule has 4 nitrogen and oxygen atoms in total. The zero-order valence-corrected chi connectivity index (χ0v) is 10.4. The number of nitrogens with one attached hydrogen (secondary N) is 1. The highest BCUT2D eigenvalue weighted by Gasteiger charge is 2.16. The second-order valence-electron chi connectivity index (χ2n) is 4.21. The van der Waals surface area contributed by atoms with Gasteiger partial charge in [0.25, 0.3) is 0 Å². The van der Waals surface area contributed by atoms with E-state index in [-0.39, 0.29) is 0 Å². The Morgan fingerprint density at radius 1 is 1.31 bits per heavy atom. The predicted octanol–water partition coefficient (Wildman–Crippen LogP) is 2.85. The van der Waals surface area contributed by atoms with Crippen molar-refractivity contribution < 1.29 is 0 Å². The molecule has 2 aromatic rings. The highest BCUT2D eigenvalue weighted by atomic mass is 79.9. The summed E-state index contributed by atoms with van der Waals surface area (Å²) in [5.74, 6) is 0.741. The summed E-state index contributed by atoms with van der Waals surface area (Å²) in [5.41, 5.74) is 0.878. The Morgan fingerprint density at radius 3 is 2.94 bits per heavy atom. The Kier molecular flexibility index (Phi) is 2.55. The summed E-state index contributed by atoms with van der Waals surface area (Å²) in [7, 11) is 0. The summed E-state index contributed by atoms with van der Waals surface area (Å²) in [6.45, 7) is 0. The van der Waals surface area contributed by atoms with Crippen LogP contribution >= 0.6 is 15.9 Å². The summed E-state index contributed by atoms with van der Waals surface area (Å²) in [5, 5.41) is 7.79. The number of anilines is 1. The van der Waals surface area contributed by atoms with Gasteiger partial charge in [-0.05, 0) is 40.9 Å². The minimum absolute atomic E-state index is 0.556. The van der Waals surface area contributed by atoms with Crippen molar-refractivity contribution in [1.82, 2.24) is 14.6 Å². The topological polar surface area (TPSA) is 42.2 Å². The fourth-order valence-corrected chi connectivity index (χ4v) is 2.50. The average molecular weight is 281 g/mol. The van der Waals surface area contributed by atoms with E-state index in [4.69, 9.17) is 0 Å². The van der Waals surface area contributed by atoms with Crippen molar-refractivity contribution in [2.24, 2.45) is 0 Å². The van der Waals surface area contributed by atoms with Gasteiger partial charge in [0.15, 0.2) is 5.65 Å². The Hall–Kier alpha value is -1.10. The lowest BCUT2D eigenvalue weighted by Gasteiger charge is -2.08. The SMILES string of the molecule is Brc1ccc2nc(NC3CCCC3)nn2c1. The molecule has 1 aliphatic rings. The number of halogens is 1. The molecule has 2 aromatic heterocycles. The first-order valence-electron chi connectivity index (χ1n) is 5.60. The molecule has 5 heteroatoms. The number of rotatable bonds is 2. The third-order valence-corrected chi connectivity index (χ3v) is 3.45. The van der Waals surface area contributed by atoms with Crippen LogP contribution in [0.5, 0.6) is 0 Å². The fraction of sp³-hybridized carbons (Fsp3) is 0.455. The third kappa shape index (κ3) is 1.91. The lowest BCUT2D eigenvalue weighted by atomic mass is 10.3. The average Bonchev–Trinajstić information content (AvgIpc) is 2.86. The van der Waals surface area contributed by atoms with Crippen LogP contribution in [-0.2, 0) is 0 Å². The minimum Gasteiger partial charge on any atom is -0.350 e. The molecule has 0 radical (unpaired) electrons. The Bertz CT molecular complexity index is 502. The van der Waals surface area contributed by atoms with Crippen LogP contribution in [0.25, 0.3) is 5.65 Å². The van der Waals surface area contributed by atoms with Gasteiger partial charge < -0.3 is 5.32 Å². The number of pyridine rings is 1. The van der Waals surface area contributed by atoms with Crippen LogP contribution < -0.4 is 5.32 Å². The van der Waals surface area contributed by atoms with E-state index < -0.39 is 0 Å². The van der Waals surface area contributed by atoms with Crippen molar-refractivity contribution in [2.75, 3.05) is 5.32 Å². The van der Waals surface area contributed by atoms with Crippen molar-refractivity contribution in [3.8, 4) is 0 Å². The Balaban J connectivity index is 1.86. The molecule has 3 rings (SSSR count). The number of nitrogens with zero attached hydrogens (tertiary/aromatic N) is 3. The van der Waals surface area contributed by atoms with Gasteiger partial charge in [0.1, 0.15) is 0 Å². The van der Waals surface area contributed by atoms with Crippen molar-refractivity contribution >= 4 is 27.5 Å². The quantitative estimate of drug-likeness (QED) is 0.920. The van der Waals surface area contributed by atoms with Gasteiger partial charge in [0.05, 0.1) is 0 Å². The molecule has 0 amide bonds.